The number of hydrogen-bond donors (Lipinski definition) is 1. The Morgan fingerprint density at radius 1 is 1.00 bits per heavy atom. The van der Waals surface area contributed by atoms with Crippen LogP contribution in [0.15, 0.2) is 126 Å². The number of nitrogens with one attached hydrogen (secondary N) is 1. The van der Waals surface area contributed by atoms with Crippen molar-refractivity contribution < 1.29 is 0 Å². The summed E-state index contributed by atoms with van der Waals surface area (Å²) in [5.74, 6) is 0.338. The van der Waals surface area contributed by atoms with E-state index >= 15 is 0 Å². The van der Waals surface area contributed by atoms with E-state index in [0.717, 1.165) is 25.0 Å². The van der Waals surface area contributed by atoms with Gasteiger partial charge in [-0.2, -0.15) is 0 Å². The first-order chi connectivity index (χ1) is 18.6. The molecule has 0 aromatic heterocycles. The Morgan fingerprint density at radius 3 is 2.39 bits per heavy atom. The van der Waals surface area contributed by atoms with Crippen LogP contribution in [0.2, 0.25) is 0 Å². The molecule has 2 aromatic rings. The Kier molecular flexibility index (Phi) is 11.4. The van der Waals surface area contributed by atoms with Gasteiger partial charge in [0.25, 0.3) is 0 Å². The molecule has 0 bridgehead atoms. The van der Waals surface area contributed by atoms with Gasteiger partial charge in [-0.1, -0.05) is 130 Å². The van der Waals surface area contributed by atoms with Crippen LogP contribution in [0.3, 0.4) is 0 Å². The number of nitrogens with zero attached hydrogens (tertiary/aromatic N) is 1. The minimum absolute atomic E-state index is 0.148. The molecule has 2 nitrogen and oxygen atoms in total. The third-order valence-corrected chi connectivity index (χ3v) is 7.03. The standard InChI is InChI=1S/C33H36N2.C3H8/c1-4-23-33(2,31-19-11-9-17-29(31)32-20-12-13-24-35-32)30-18-10-8-16-27(30)21-22-28(25-34-3)26-14-6-5-7-15-26;1-3-2/h4-18,20,22-23,25,31,35H,19,21,24H2,1-3H3;3H2,1-2H3/b23-4?,28-22+,34-25?;. The third kappa shape index (κ3) is 7.22. The van der Waals surface area contributed by atoms with Crippen molar-refractivity contribution in [3.63, 3.8) is 0 Å². The molecule has 0 radical (unpaired) electrons. The smallest absolute Gasteiger partial charge is 0.0378 e. The molecular weight excluding hydrogens is 460 g/mol. The fraction of sp³-hybridized carbons (Fsp3) is 0.306. The normalized spacial score (nSPS) is 18.9. The summed E-state index contributed by atoms with van der Waals surface area (Å²) in [5.41, 5.74) is 7.55. The molecule has 1 aliphatic heterocycles. The Bertz CT molecular complexity index is 1240. The summed E-state index contributed by atoms with van der Waals surface area (Å²) < 4.78 is 0. The number of dihydropyridines is 1. The average Bonchev–Trinajstić information content (AvgIpc) is 2.97. The number of rotatable bonds is 8. The zero-order valence-corrected chi connectivity index (χ0v) is 23.8. The van der Waals surface area contributed by atoms with Crippen LogP contribution in [0.4, 0.5) is 0 Å². The van der Waals surface area contributed by atoms with Crippen molar-refractivity contribution >= 4 is 11.8 Å². The number of hydrogen-bond acceptors (Lipinski definition) is 2. The molecule has 2 atom stereocenters. The van der Waals surface area contributed by atoms with Crippen LogP contribution in [-0.4, -0.2) is 19.8 Å². The molecule has 2 aliphatic rings. The molecule has 1 N–H and O–H groups in total. The summed E-state index contributed by atoms with van der Waals surface area (Å²) in [6, 6.07) is 19.4. The van der Waals surface area contributed by atoms with E-state index in [1.165, 1.54) is 34.4 Å². The van der Waals surface area contributed by atoms with Crippen LogP contribution < -0.4 is 5.32 Å². The Morgan fingerprint density at radius 2 is 1.71 bits per heavy atom. The van der Waals surface area contributed by atoms with E-state index in [1.54, 1.807) is 0 Å². The van der Waals surface area contributed by atoms with Gasteiger partial charge in [0.2, 0.25) is 0 Å². The molecule has 198 valence electrons. The highest BCUT2D eigenvalue weighted by Crippen LogP contribution is 2.45. The lowest BCUT2D eigenvalue weighted by Gasteiger charge is -2.40. The fourth-order valence-electron chi connectivity index (χ4n) is 5.33. The maximum Gasteiger partial charge on any atom is 0.0378 e. The van der Waals surface area contributed by atoms with Crippen LogP contribution in [0.1, 0.15) is 57.2 Å². The first kappa shape index (κ1) is 28.9. The van der Waals surface area contributed by atoms with Crippen molar-refractivity contribution in [1.29, 1.82) is 0 Å². The molecule has 2 heteroatoms. The van der Waals surface area contributed by atoms with Gasteiger partial charge < -0.3 is 5.32 Å². The van der Waals surface area contributed by atoms with Crippen molar-refractivity contribution in [3.05, 3.63) is 137 Å². The third-order valence-electron chi connectivity index (χ3n) is 7.03. The lowest BCUT2D eigenvalue weighted by Crippen LogP contribution is -2.35. The van der Waals surface area contributed by atoms with E-state index in [4.69, 9.17) is 0 Å². The molecule has 1 heterocycles. The van der Waals surface area contributed by atoms with Gasteiger partial charge >= 0.3 is 0 Å². The van der Waals surface area contributed by atoms with Gasteiger partial charge in [0, 0.05) is 36.8 Å². The molecule has 0 spiro atoms. The van der Waals surface area contributed by atoms with Gasteiger partial charge in [-0.05, 0) is 53.7 Å². The van der Waals surface area contributed by atoms with Crippen LogP contribution in [-0.2, 0) is 11.8 Å². The molecule has 0 fully saturated rings. The van der Waals surface area contributed by atoms with Gasteiger partial charge in [-0.15, -0.1) is 0 Å². The minimum Gasteiger partial charge on any atom is -0.381 e. The molecular formula is C36H44N2. The molecule has 2 aromatic carbocycles. The van der Waals surface area contributed by atoms with Crippen LogP contribution in [0, 0.1) is 5.92 Å². The summed E-state index contributed by atoms with van der Waals surface area (Å²) >= 11 is 0. The predicted octanol–water partition coefficient (Wildman–Crippen LogP) is 8.81. The average molecular weight is 505 g/mol. The van der Waals surface area contributed by atoms with Crippen molar-refractivity contribution in [2.75, 3.05) is 13.6 Å². The first-order valence-corrected chi connectivity index (χ1v) is 14.0. The second-order valence-corrected chi connectivity index (χ2v) is 9.99. The molecule has 38 heavy (non-hydrogen) atoms. The van der Waals surface area contributed by atoms with E-state index in [0.29, 0.717) is 5.92 Å². The molecule has 2 unspecified atom stereocenters. The Hall–Kier alpha value is -3.65. The van der Waals surface area contributed by atoms with E-state index in [-0.39, 0.29) is 5.41 Å². The topological polar surface area (TPSA) is 24.4 Å². The fourth-order valence-corrected chi connectivity index (χ4v) is 5.33. The molecule has 4 rings (SSSR count). The second-order valence-electron chi connectivity index (χ2n) is 9.99. The Labute approximate surface area is 231 Å². The molecule has 1 aliphatic carbocycles. The first-order valence-electron chi connectivity index (χ1n) is 14.0. The molecule has 0 saturated carbocycles. The number of allylic oxidation sites excluding steroid dienone is 10. The minimum atomic E-state index is -0.148. The van der Waals surface area contributed by atoms with Crippen molar-refractivity contribution in [2.45, 2.75) is 52.4 Å². The van der Waals surface area contributed by atoms with Gasteiger partial charge in [0.05, 0.1) is 0 Å². The monoisotopic (exact) mass is 504 g/mol. The lowest BCUT2D eigenvalue weighted by molar-refractivity contribution is 0.407. The quantitative estimate of drug-likeness (QED) is 0.282. The van der Waals surface area contributed by atoms with Gasteiger partial charge in [0.15, 0.2) is 0 Å². The highest BCUT2D eigenvalue weighted by Gasteiger charge is 2.38. The molecule has 0 saturated heterocycles. The van der Waals surface area contributed by atoms with Crippen LogP contribution in [0.5, 0.6) is 0 Å². The van der Waals surface area contributed by atoms with Crippen molar-refractivity contribution in [2.24, 2.45) is 10.9 Å². The maximum atomic E-state index is 4.32. The zero-order valence-electron chi connectivity index (χ0n) is 23.8. The molecule has 0 amide bonds. The van der Waals surface area contributed by atoms with Gasteiger partial charge in [-0.25, -0.2) is 0 Å². The summed E-state index contributed by atoms with van der Waals surface area (Å²) in [6.45, 7) is 9.66. The number of aliphatic imine (C=N–C) groups is 1. The van der Waals surface area contributed by atoms with Crippen molar-refractivity contribution in [1.82, 2.24) is 5.32 Å². The Balaban J connectivity index is 0.00000127. The van der Waals surface area contributed by atoms with Gasteiger partial charge in [0.1, 0.15) is 0 Å². The summed E-state index contributed by atoms with van der Waals surface area (Å²) in [4.78, 5) is 4.32. The van der Waals surface area contributed by atoms with Gasteiger partial charge in [-0.3, -0.25) is 4.99 Å². The van der Waals surface area contributed by atoms with E-state index in [2.05, 4.69) is 147 Å². The summed E-state index contributed by atoms with van der Waals surface area (Å²) in [7, 11) is 1.83. The highest BCUT2D eigenvalue weighted by atomic mass is 14.9. The lowest BCUT2D eigenvalue weighted by atomic mass is 9.64. The maximum absolute atomic E-state index is 4.32. The highest BCUT2D eigenvalue weighted by molar-refractivity contribution is 6.09. The largest absolute Gasteiger partial charge is 0.381 e. The van der Waals surface area contributed by atoms with E-state index in [9.17, 15) is 0 Å². The van der Waals surface area contributed by atoms with E-state index < -0.39 is 0 Å². The summed E-state index contributed by atoms with van der Waals surface area (Å²) in [5, 5.41) is 3.60. The predicted molar refractivity (Wildman–Crippen MR) is 168 cm³/mol. The van der Waals surface area contributed by atoms with Crippen molar-refractivity contribution in [3.8, 4) is 0 Å². The van der Waals surface area contributed by atoms with Crippen LogP contribution >= 0.6 is 0 Å². The number of benzene rings is 2. The van der Waals surface area contributed by atoms with Crippen LogP contribution in [0.25, 0.3) is 5.57 Å². The zero-order chi connectivity index (χ0) is 27.2. The van der Waals surface area contributed by atoms with E-state index in [1.807, 2.05) is 13.3 Å². The summed E-state index contributed by atoms with van der Waals surface area (Å²) in [6.07, 6.45) is 25.3. The second kappa shape index (κ2) is 14.9. The SMILES string of the molecule is CC=CC(C)(c1ccccc1C/C=C(\C=NC)c1ccccc1)C1CC=CC=C1C1=CC=CCN1.CCC.